The van der Waals surface area contributed by atoms with E-state index in [1.54, 1.807) is 0 Å². The van der Waals surface area contributed by atoms with E-state index in [1.807, 2.05) is 42.5 Å². The Balaban J connectivity index is 1.34. The Hall–Kier alpha value is -2.41. The fourth-order valence-electron chi connectivity index (χ4n) is 2.16. The van der Waals surface area contributed by atoms with Gasteiger partial charge in [0.15, 0.2) is 11.5 Å². The highest BCUT2D eigenvalue weighted by atomic mass is 79.9. The van der Waals surface area contributed by atoms with Gasteiger partial charge in [0.1, 0.15) is 12.4 Å². The Labute approximate surface area is 148 Å². The fraction of sp³-hybridized carbons (Fsp3) is 0.235. The Morgan fingerprint density at radius 1 is 1.08 bits per heavy atom. The van der Waals surface area contributed by atoms with Crippen molar-refractivity contribution in [2.24, 2.45) is 0 Å². The van der Waals surface area contributed by atoms with E-state index in [4.69, 9.17) is 14.2 Å². The number of ether oxygens (including phenoxy) is 3. The summed E-state index contributed by atoms with van der Waals surface area (Å²) < 4.78 is 17.1. The molecule has 0 saturated heterocycles. The zero-order chi connectivity index (χ0) is 16.8. The van der Waals surface area contributed by atoms with Crippen molar-refractivity contribution in [3.05, 3.63) is 52.5 Å². The lowest BCUT2D eigenvalue weighted by Gasteiger charge is -2.09. The first-order chi connectivity index (χ1) is 11.7. The minimum Gasteiger partial charge on any atom is -0.492 e. The molecule has 2 N–H and O–H groups in total. The van der Waals surface area contributed by atoms with Gasteiger partial charge in [0.25, 0.3) is 0 Å². The van der Waals surface area contributed by atoms with Crippen LogP contribution in [-0.2, 0) is 6.54 Å². The van der Waals surface area contributed by atoms with Crippen molar-refractivity contribution in [2.45, 2.75) is 6.54 Å². The lowest BCUT2D eigenvalue weighted by atomic mass is 10.2. The number of carbonyl (C=O) groups is 1. The number of rotatable bonds is 6. The minimum atomic E-state index is -0.243. The number of halogens is 1. The van der Waals surface area contributed by atoms with Gasteiger partial charge in [0.05, 0.1) is 6.54 Å². The third kappa shape index (κ3) is 4.55. The Morgan fingerprint density at radius 3 is 2.71 bits per heavy atom. The molecule has 0 aromatic heterocycles. The van der Waals surface area contributed by atoms with Gasteiger partial charge >= 0.3 is 6.03 Å². The molecule has 2 aromatic rings. The van der Waals surface area contributed by atoms with Crippen LogP contribution in [0.3, 0.4) is 0 Å². The lowest BCUT2D eigenvalue weighted by molar-refractivity contribution is 0.174. The SMILES string of the molecule is O=C(NCCOc1ccc(Br)cc1)NCc1ccc2c(c1)OCO2. The Morgan fingerprint density at radius 2 is 1.88 bits per heavy atom. The van der Waals surface area contributed by atoms with Crippen molar-refractivity contribution >= 4 is 22.0 Å². The van der Waals surface area contributed by atoms with E-state index in [9.17, 15) is 4.79 Å². The average molecular weight is 393 g/mol. The summed E-state index contributed by atoms with van der Waals surface area (Å²) in [5.41, 5.74) is 0.945. The van der Waals surface area contributed by atoms with Gasteiger partial charge in [-0.15, -0.1) is 0 Å². The van der Waals surface area contributed by atoms with Gasteiger partial charge in [-0.25, -0.2) is 4.79 Å². The monoisotopic (exact) mass is 392 g/mol. The van der Waals surface area contributed by atoms with Crippen molar-refractivity contribution in [3.8, 4) is 17.2 Å². The quantitative estimate of drug-likeness (QED) is 0.741. The Kier molecular flexibility index (Phi) is 5.43. The van der Waals surface area contributed by atoms with Crippen LogP contribution in [0.5, 0.6) is 17.2 Å². The molecule has 0 spiro atoms. The van der Waals surface area contributed by atoms with Crippen LogP contribution < -0.4 is 24.8 Å². The molecule has 0 aliphatic carbocycles. The summed E-state index contributed by atoms with van der Waals surface area (Å²) >= 11 is 3.36. The highest BCUT2D eigenvalue weighted by Gasteiger charge is 2.13. The predicted octanol–water partition coefficient (Wildman–Crippen LogP) is 3.06. The van der Waals surface area contributed by atoms with E-state index in [1.165, 1.54) is 0 Å². The molecule has 24 heavy (non-hydrogen) atoms. The first kappa shape index (κ1) is 16.4. The fourth-order valence-corrected chi connectivity index (χ4v) is 2.42. The number of amides is 2. The summed E-state index contributed by atoms with van der Waals surface area (Å²) in [5.74, 6) is 2.20. The smallest absolute Gasteiger partial charge is 0.315 e. The molecule has 2 aromatic carbocycles. The maximum absolute atomic E-state index is 11.8. The largest absolute Gasteiger partial charge is 0.492 e. The molecule has 3 rings (SSSR count). The number of carbonyl (C=O) groups excluding carboxylic acids is 1. The number of fused-ring (bicyclic) bond motifs is 1. The van der Waals surface area contributed by atoms with Crippen LogP contribution in [0.25, 0.3) is 0 Å². The summed E-state index contributed by atoms with van der Waals surface area (Å²) in [6, 6.07) is 12.9. The summed E-state index contributed by atoms with van der Waals surface area (Å²) in [4.78, 5) is 11.8. The summed E-state index contributed by atoms with van der Waals surface area (Å²) in [6.45, 7) is 1.48. The second-order valence-corrected chi connectivity index (χ2v) is 6.02. The normalized spacial score (nSPS) is 11.9. The van der Waals surface area contributed by atoms with Crippen LogP contribution in [0.4, 0.5) is 4.79 Å². The molecule has 1 aliphatic heterocycles. The van der Waals surface area contributed by atoms with E-state index >= 15 is 0 Å². The van der Waals surface area contributed by atoms with Crippen molar-refractivity contribution in [3.63, 3.8) is 0 Å². The van der Waals surface area contributed by atoms with E-state index in [-0.39, 0.29) is 12.8 Å². The summed E-state index contributed by atoms with van der Waals surface area (Å²) in [5, 5.41) is 5.53. The zero-order valence-electron chi connectivity index (χ0n) is 12.9. The van der Waals surface area contributed by atoms with Crippen LogP contribution in [-0.4, -0.2) is 26.0 Å². The van der Waals surface area contributed by atoms with Crippen molar-refractivity contribution in [1.82, 2.24) is 10.6 Å². The second kappa shape index (κ2) is 7.92. The second-order valence-electron chi connectivity index (χ2n) is 5.10. The van der Waals surface area contributed by atoms with Crippen LogP contribution >= 0.6 is 15.9 Å². The van der Waals surface area contributed by atoms with Crippen LogP contribution in [0.2, 0.25) is 0 Å². The molecule has 126 valence electrons. The highest BCUT2D eigenvalue weighted by Crippen LogP contribution is 2.32. The van der Waals surface area contributed by atoms with Crippen molar-refractivity contribution < 1.29 is 19.0 Å². The Bertz CT molecular complexity index is 706. The molecular weight excluding hydrogens is 376 g/mol. The van der Waals surface area contributed by atoms with E-state index in [0.29, 0.717) is 25.4 Å². The first-order valence-corrected chi connectivity index (χ1v) is 8.28. The molecule has 6 nitrogen and oxygen atoms in total. The van der Waals surface area contributed by atoms with E-state index in [2.05, 4.69) is 26.6 Å². The van der Waals surface area contributed by atoms with Gasteiger partial charge in [0, 0.05) is 11.0 Å². The third-order valence-electron chi connectivity index (χ3n) is 3.36. The lowest BCUT2D eigenvalue weighted by Crippen LogP contribution is -2.37. The molecule has 1 aliphatic rings. The average Bonchev–Trinajstić information content (AvgIpc) is 3.06. The van der Waals surface area contributed by atoms with Gasteiger partial charge in [-0.3, -0.25) is 0 Å². The standard InChI is InChI=1S/C17H17BrN2O4/c18-13-2-4-14(5-3-13)22-8-7-19-17(21)20-10-12-1-6-15-16(9-12)24-11-23-15/h1-6,9H,7-8,10-11H2,(H2,19,20,21). The number of hydrogen-bond acceptors (Lipinski definition) is 4. The highest BCUT2D eigenvalue weighted by molar-refractivity contribution is 9.10. The number of hydrogen-bond donors (Lipinski definition) is 2. The summed E-state index contributed by atoms with van der Waals surface area (Å²) in [7, 11) is 0. The summed E-state index contributed by atoms with van der Waals surface area (Å²) in [6.07, 6.45) is 0. The number of benzene rings is 2. The maximum atomic E-state index is 11.8. The van der Waals surface area contributed by atoms with Gasteiger partial charge in [0.2, 0.25) is 6.79 Å². The molecule has 0 fully saturated rings. The van der Waals surface area contributed by atoms with E-state index < -0.39 is 0 Å². The third-order valence-corrected chi connectivity index (χ3v) is 3.89. The molecule has 7 heteroatoms. The van der Waals surface area contributed by atoms with Crippen LogP contribution in [0, 0.1) is 0 Å². The molecule has 0 unspecified atom stereocenters. The molecule has 2 amide bonds. The topological polar surface area (TPSA) is 68.8 Å². The van der Waals surface area contributed by atoms with Gasteiger partial charge < -0.3 is 24.8 Å². The molecule has 0 bridgehead atoms. The van der Waals surface area contributed by atoms with Crippen molar-refractivity contribution in [2.75, 3.05) is 19.9 Å². The number of nitrogens with one attached hydrogen (secondary N) is 2. The van der Waals surface area contributed by atoms with Gasteiger partial charge in [-0.05, 0) is 42.0 Å². The van der Waals surface area contributed by atoms with Crippen LogP contribution in [0.1, 0.15) is 5.56 Å². The van der Waals surface area contributed by atoms with Crippen LogP contribution in [0.15, 0.2) is 46.9 Å². The van der Waals surface area contributed by atoms with E-state index in [0.717, 1.165) is 21.5 Å². The van der Waals surface area contributed by atoms with Gasteiger partial charge in [-0.1, -0.05) is 22.0 Å². The van der Waals surface area contributed by atoms with Crippen molar-refractivity contribution in [1.29, 1.82) is 0 Å². The molecule has 0 radical (unpaired) electrons. The minimum absolute atomic E-state index is 0.241. The molecule has 1 heterocycles. The molecule has 0 atom stereocenters. The predicted molar refractivity (Wildman–Crippen MR) is 92.4 cm³/mol. The first-order valence-electron chi connectivity index (χ1n) is 7.49. The molecular formula is C17H17BrN2O4. The zero-order valence-corrected chi connectivity index (χ0v) is 14.5. The molecule has 0 saturated carbocycles. The maximum Gasteiger partial charge on any atom is 0.315 e. The van der Waals surface area contributed by atoms with Gasteiger partial charge in [-0.2, -0.15) is 0 Å². The number of urea groups is 1.